The first-order valence-corrected chi connectivity index (χ1v) is 10.8. The highest BCUT2D eigenvalue weighted by atomic mass is 16.5. The van der Waals surface area contributed by atoms with Crippen molar-refractivity contribution in [2.45, 2.75) is 20.3 Å². The third-order valence-electron chi connectivity index (χ3n) is 5.93. The van der Waals surface area contributed by atoms with Crippen LogP contribution in [0.15, 0.2) is 60.7 Å². The fraction of sp³-hybridized carbons (Fsp3) is 0.360. The quantitative estimate of drug-likeness (QED) is 0.617. The highest BCUT2D eigenvalue weighted by Crippen LogP contribution is 2.48. The third-order valence-corrected chi connectivity index (χ3v) is 5.93. The van der Waals surface area contributed by atoms with Crippen LogP contribution in [0.4, 0.5) is 11.4 Å². The van der Waals surface area contributed by atoms with E-state index in [1.807, 2.05) is 62.4 Å². The SMILES string of the molecule is CCOc1ccc(NC(=O)C2C3C=CC(C3)C2C(=O)Nc2ccc(OCC)cc2)cc1. The molecule has 6 nitrogen and oxygen atoms in total. The lowest BCUT2D eigenvalue weighted by Crippen LogP contribution is -2.39. The van der Waals surface area contributed by atoms with Crippen molar-refractivity contribution in [1.29, 1.82) is 0 Å². The molecule has 4 atom stereocenters. The van der Waals surface area contributed by atoms with Gasteiger partial charge >= 0.3 is 0 Å². The monoisotopic (exact) mass is 420 g/mol. The Kier molecular flexibility index (Phi) is 6.26. The molecule has 2 aliphatic carbocycles. The first-order chi connectivity index (χ1) is 15.1. The summed E-state index contributed by atoms with van der Waals surface area (Å²) in [7, 11) is 0. The van der Waals surface area contributed by atoms with Gasteiger partial charge in [-0.2, -0.15) is 0 Å². The number of hydrogen-bond acceptors (Lipinski definition) is 4. The number of carbonyl (C=O) groups excluding carboxylic acids is 2. The second-order valence-electron chi connectivity index (χ2n) is 7.89. The minimum Gasteiger partial charge on any atom is -0.494 e. The van der Waals surface area contributed by atoms with Gasteiger partial charge in [-0.3, -0.25) is 9.59 Å². The van der Waals surface area contributed by atoms with Gasteiger partial charge in [-0.05, 0) is 80.6 Å². The van der Waals surface area contributed by atoms with E-state index >= 15 is 0 Å². The summed E-state index contributed by atoms with van der Waals surface area (Å²) in [6, 6.07) is 14.6. The van der Waals surface area contributed by atoms with Crippen molar-refractivity contribution in [2.75, 3.05) is 23.8 Å². The normalized spacial score (nSPS) is 23.4. The van der Waals surface area contributed by atoms with Gasteiger partial charge in [0.05, 0.1) is 25.0 Å². The number of rotatable bonds is 8. The van der Waals surface area contributed by atoms with Crippen molar-refractivity contribution in [1.82, 2.24) is 0 Å². The zero-order chi connectivity index (χ0) is 21.8. The zero-order valence-corrected chi connectivity index (χ0v) is 17.8. The first kappa shape index (κ1) is 21.0. The van der Waals surface area contributed by atoms with E-state index in [0.29, 0.717) is 24.6 Å². The van der Waals surface area contributed by atoms with E-state index < -0.39 is 0 Å². The highest BCUT2D eigenvalue weighted by Gasteiger charge is 2.51. The standard InChI is InChI=1S/C25H28N2O4/c1-3-30-20-11-7-18(8-12-20)26-24(28)22-16-5-6-17(15-16)23(22)25(29)27-19-9-13-21(14-10-19)31-4-2/h5-14,16-17,22-23H,3-4,15H2,1-2H3,(H,26,28)(H,27,29). The fourth-order valence-corrected chi connectivity index (χ4v) is 4.59. The van der Waals surface area contributed by atoms with Crippen molar-refractivity contribution < 1.29 is 19.1 Å². The predicted octanol–water partition coefficient (Wildman–Crippen LogP) is 4.50. The fourth-order valence-electron chi connectivity index (χ4n) is 4.59. The summed E-state index contributed by atoms with van der Waals surface area (Å²) in [4.78, 5) is 26.3. The number of benzene rings is 2. The molecule has 6 heteroatoms. The van der Waals surface area contributed by atoms with Crippen molar-refractivity contribution in [3.63, 3.8) is 0 Å². The summed E-state index contributed by atoms with van der Waals surface area (Å²) < 4.78 is 10.9. The van der Waals surface area contributed by atoms with Crippen molar-refractivity contribution >= 4 is 23.2 Å². The lowest BCUT2D eigenvalue weighted by molar-refractivity contribution is -0.129. The Balaban J connectivity index is 1.44. The minimum atomic E-state index is -0.385. The van der Waals surface area contributed by atoms with Crippen molar-refractivity contribution in [3.8, 4) is 11.5 Å². The molecule has 2 aromatic carbocycles. The Morgan fingerprint density at radius 1 is 0.742 bits per heavy atom. The molecule has 1 saturated carbocycles. The molecule has 2 N–H and O–H groups in total. The maximum absolute atomic E-state index is 13.1. The summed E-state index contributed by atoms with van der Waals surface area (Å²) in [5.74, 6) is 0.689. The minimum absolute atomic E-state index is 0.0868. The predicted molar refractivity (Wildman–Crippen MR) is 120 cm³/mol. The van der Waals surface area contributed by atoms with E-state index in [9.17, 15) is 9.59 Å². The molecule has 1 fully saturated rings. The van der Waals surface area contributed by atoms with E-state index in [4.69, 9.17) is 9.47 Å². The van der Waals surface area contributed by atoms with E-state index in [2.05, 4.69) is 22.8 Å². The van der Waals surface area contributed by atoms with Crippen LogP contribution in [0.2, 0.25) is 0 Å². The number of anilines is 2. The van der Waals surface area contributed by atoms with Gasteiger partial charge in [-0.25, -0.2) is 0 Å². The van der Waals surface area contributed by atoms with Gasteiger partial charge in [0.15, 0.2) is 0 Å². The van der Waals surface area contributed by atoms with Gasteiger partial charge in [0.25, 0.3) is 0 Å². The van der Waals surface area contributed by atoms with Crippen LogP contribution in [0.3, 0.4) is 0 Å². The number of hydrogen-bond donors (Lipinski definition) is 2. The lowest BCUT2D eigenvalue weighted by atomic mass is 9.81. The molecule has 0 saturated heterocycles. The van der Waals surface area contributed by atoms with E-state index in [-0.39, 0.29) is 35.5 Å². The van der Waals surface area contributed by atoms with Gasteiger partial charge in [0.2, 0.25) is 11.8 Å². The first-order valence-electron chi connectivity index (χ1n) is 10.8. The van der Waals surface area contributed by atoms with Crippen molar-refractivity contribution in [3.05, 3.63) is 60.7 Å². The summed E-state index contributed by atoms with van der Waals surface area (Å²) in [6.45, 7) is 5.04. The molecule has 31 heavy (non-hydrogen) atoms. The number of allylic oxidation sites excluding steroid dienone is 2. The number of carbonyl (C=O) groups is 2. The van der Waals surface area contributed by atoms with Gasteiger partial charge in [0.1, 0.15) is 11.5 Å². The van der Waals surface area contributed by atoms with Crippen LogP contribution in [0.25, 0.3) is 0 Å². The van der Waals surface area contributed by atoms with Gasteiger partial charge in [-0.15, -0.1) is 0 Å². The maximum Gasteiger partial charge on any atom is 0.228 e. The molecule has 0 aliphatic heterocycles. The molecule has 0 radical (unpaired) electrons. The number of fused-ring (bicyclic) bond motifs is 2. The summed E-state index contributed by atoms with van der Waals surface area (Å²) in [5.41, 5.74) is 1.40. The summed E-state index contributed by atoms with van der Waals surface area (Å²) in [5, 5.41) is 5.97. The molecule has 2 bridgehead atoms. The Labute approximate surface area is 182 Å². The van der Waals surface area contributed by atoms with Crippen LogP contribution in [-0.2, 0) is 9.59 Å². The Morgan fingerprint density at radius 3 is 1.48 bits per heavy atom. The summed E-state index contributed by atoms with van der Waals surface area (Å²) >= 11 is 0. The molecule has 0 aromatic heterocycles. The van der Waals surface area contributed by atoms with Gasteiger partial charge < -0.3 is 20.1 Å². The molecule has 0 spiro atoms. The lowest BCUT2D eigenvalue weighted by Gasteiger charge is -2.26. The molecule has 2 aromatic rings. The average molecular weight is 421 g/mol. The topological polar surface area (TPSA) is 76.7 Å². The second-order valence-corrected chi connectivity index (χ2v) is 7.89. The molecular weight excluding hydrogens is 392 g/mol. The molecule has 2 aliphatic rings. The second kappa shape index (κ2) is 9.25. The maximum atomic E-state index is 13.1. The third kappa shape index (κ3) is 4.58. The molecule has 162 valence electrons. The molecular formula is C25H28N2O4. The van der Waals surface area contributed by atoms with Crippen LogP contribution in [0, 0.1) is 23.7 Å². The number of ether oxygens (including phenoxy) is 2. The van der Waals surface area contributed by atoms with E-state index in [1.165, 1.54) is 0 Å². The molecule has 2 amide bonds. The largest absolute Gasteiger partial charge is 0.494 e. The average Bonchev–Trinajstić information content (AvgIpc) is 3.39. The van der Waals surface area contributed by atoms with Crippen LogP contribution < -0.4 is 20.1 Å². The number of nitrogens with one attached hydrogen (secondary N) is 2. The van der Waals surface area contributed by atoms with Crippen LogP contribution in [0.5, 0.6) is 11.5 Å². The van der Waals surface area contributed by atoms with Gasteiger partial charge in [-0.1, -0.05) is 12.2 Å². The zero-order valence-electron chi connectivity index (χ0n) is 17.8. The van der Waals surface area contributed by atoms with E-state index in [0.717, 1.165) is 17.9 Å². The Hall–Kier alpha value is -3.28. The Bertz CT molecular complexity index is 875. The number of amides is 2. The van der Waals surface area contributed by atoms with Crippen LogP contribution in [0.1, 0.15) is 20.3 Å². The Morgan fingerprint density at radius 2 is 1.13 bits per heavy atom. The van der Waals surface area contributed by atoms with Crippen LogP contribution in [-0.4, -0.2) is 25.0 Å². The summed E-state index contributed by atoms with van der Waals surface area (Å²) in [6.07, 6.45) is 4.99. The molecule has 4 rings (SSSR count). The smallest absolute Gasteiger partial charge is 0.228 e. The molecule has 4 unspecified atom stereocenters. The van der Waals surface area contributed by atoms with Crippen molar-refractivity contribution in [2.24, 2.45) is 23.7 Å². The van der Waals surface area contributed by atoms with Gasteiger partial charge in [0, 0.05) is 11.4 Å². The molecule has 0 heterocycles. The highest BCUT2D eigenvalue weighted by molar-refractivity contribution is 6.01. The van der Waals surface area contributed by atoms with E-state index in [1.54, 1.807) is 0 Å². The van der Waals surface area contributed by atoms with Crippen LogP contribution >= 0.6 is 0 Å².